The average molecular weight is 405 g/mol. The molecule has 5 aliphatic carbocycles. The van der Waals surface area contributed by atoms with Gasteiger partial charge in [0.1, 0.15) is 0 Å². The summed E-state index contributed by atoms with van der Waals surface area (Å²) in [6.07, 6.45) is 10.7. The fourth-order valence-electron chi connectivity index (χ4n) is 9.65. The Balaban J connectivity index is 1.39. The van der Waals surface area contributed by atoms with Crippen LogP contribution >= 0.6 is 0 Å². The van der Waals surface area contributed by atoms with Gasteiger partial charge in [0.05, 0.1) is 5.92 Å². The van der Waals surface area contributed by atoms with Crippen LogP contribution in [0.1, 0.15) is 85.0 Å². The predicted octanol–water partition coefficient (Wildman–Crippen LogP) is 4.68. The van der Waals surface area contributed by atoms with Gasteiger partial charge >= 0.3 is 5.97 Å². The molecule has 5 rings (SSSR count). The van der Waals surface area contributed by atoms with Crippen LogP contribution in [0.2, 0.25) is 0 Å². The second-order valence-corrected chi connectivity index (χ2v) is 12.1. The number of rotatable bonds is 3. The normalized spacial score (nSPS) is 54.0. The van der Waals surface area contributed by atoms with E-state index in [0.29, 0.717) is 53.3 Å². The van der Waals surface area contributed by atoms with Crippen LogP contribution in [0.3, 0.4) is 0 Å². The summed E-state index contributed by atoms with van der Waals surface area (Å²) >= 11 is 0. The molecular weight excluding hydrogens is 364 g/mol. The van der Waals surface area contributed by atoms with Gasteiger partial charge in [-0.15, -0.1) is 0 Å². The van der Waals surface area contributed by atoms with E-state index >= 15 is 0 Å². The Labute approximate surface area is 175 Å². The maximum Gasteiger partial charge on any atom is 0.306 e. The molecule has 4 nitrogen and oxygen atoms in total. The molecule has 164 valence electrons. The van der Waals surface area contributed by atoms with Crippen molar-refractivity contribution in [3.8, 4) is 0 Å². The molecule has 0 aromatic carbocycles. The SMILES string of the molecule is C[C@H](C1CC1C(=O)O)[C@H]1CC[C@H]2[C@@H]3CC[C@@H]4CCCC(O)(O)[C@]4(C)[C@H]3CC[C@]12C. The van der Waals surface area contributed by atoms with Crippen molar-refractivity contribution < 1.29 is 20.1 Å². The lowest BCUT2D eigenvalue weighted by atomic mass is 9.43. The van der Waals surface area contributed by atoms with E-state index < -0.39 is 11.8 Å². The van der Waals surface area contributed by atoms with Gasteiger partial charge in [0.2, 0.25) is 0 Å². The van der Waals surface area contributed by atoms with Crippen LogP contribution in [-0.4, -0.2) is 27.1 Å². The topological polar surface area (TPSA) is 77.8 Å². The van der Waals surface area contributed by atoms with Crippen LogP contribution < -0.4 is 0 Å². The number of hydrogen-bond donors (Lipinski definition) is 3. The first kappa shape index (κ1) is 20.3. The van der Waals surface area contributed by atoms with Crippen LogP contribution in [0, 0.1) is 58.2 Å². The molecule has 0 aliphatic heterocycles. The van der Waals surface area contributed by atoms with Crippen molar-refractivity contribution in [3.05, 3.63) is 0 Å². The highest BCUT2D eigenvalue weighted by atomic mass is 16.5. The molecular formula is C25H40O4. The van der Waals surface area contributed by atoms with Crippen molar-refractivity contribution in [2.24, 2.45) is 58.2 Å². The Kier molecular flexibility index (Phi) is 4.51. The molecule has 5 aliphatic rings. The van der Waals surface area contributed by atoms with Gasteiger partial charge in [-0.1, -0.05) is 20.8 Å². The number of carboxylic acid groups (broad SMARTS) is 1. The first-order chi connectivity index (χ1) is 13.6. The molecule has 3 N–H and O–H groups in total. The lowest BCUT2D eigenvalue weighted by molar-refractivity contribution is -0.313. The summed E-state index contributed by atoms with van der Waals surface area (Å²) in [4.78, 5) is 11.4. The summed E-state index contributed by atoms with van der Waals surface area (Å²) in [7, 11) is 0. The molecule has 10 atom stereocenters. The van der Waals surface area contributed by atoms with Gasteiger partial charge in [0.15, 0.2) is 5.79 Å². The highest BCUT2D eigenvalue weighted by Gasteiger charge is 2.66. The van der Waals surface area contributed by atoms with Gasteiger partial charge in [0.25, 0.3) is 0 Å². The van der Waals surface area contributed by atoms with Crippen LogP contribution in [0.5, 0.6) is 0 Å². The van der Waals surface area contributed by atoms with Crippen molar-refractivity contribution in [2.75, 3.05) is 0 Å². The van der Waals surface area contributed by atoms with E-state index in [1.807, 2.05) is 0 Å². The average Bonchev–Trinajstić information content (AvgIpc) is 3.38. The predicted molar refractivity (Wildman–Crippen MR) is 111 cm³/mol. The van der Waals surface area contributed by atoms with Gasteiger partial charge in [-0.3, -0.25) is 4.79 Å². The van der Waals surface area contributed by atoms with Crippen LogP contribution in [0.15, 0.2) is 0 Å². The standard InChI is InChI=1S/C25H40O4/c1-14(17-13-18(17)22(26)27)19-8-9-20-16-7-6-15-5-4-11-25(28,29)24(15,3)21(16)10-12-23(19,20)2/h14-21,28-29H,4-13H2,1-3H3,(H,26,27)/t14-,15+,16+,17?,18?,19-,20+,21+,23-,24+/m1/s1. The van der Waals surface area contributed by atoms with Crippen molar-refractivity contribution in [1.82, 2.24) is 0 Å². The number of aliphatic carboxylic acids is 1. The zero-order valence-electron chi connectivity index (χ0n) is 18.4. The Bertz CT molecular complexity index is 688. The molecule has 0 spiro atoms. The van der Waals surface area contributed by atoms with Crippen LogP contribution in [-0.2, 0) is 4.79 Å². The number of carbonyl (C=O) groups is 1. The molecule has 0 aromatic heterocycles. The van der Waals surface area contributed by atoms with Gasteiger partial charge in [-0.2, -0.15) is 0 Å². The van der Waals surface area contributed by atoms with E-state index in [4.69, 9.17) is 0 Å². The van der Waals surface area contributed by atoms with Gasteiger partial charge in [-0.05, 0) is 105 Å². The zero-order chi connectivity index (χ0) is 20.8. The fourth-order valence-corrected chi connectivity index (χ4v) is 9.65. The van der Waals surface area contributed by atoms with E-state index in [1.165, 1.54) is 25.7 Å². The molecule has 29 heavy (non-hydrogen) atoms. The summed E-state index contributed by atoms with van der Waals surface area (Å²) in [5, 5.41) is 31.6. The number of carboxylic acids is 1. The van der Waals surface area contributed by atoms with Crippen LogP contribution in [0.25, 0.3) is 0 Å². The molecule has 0 radical (unpaired) electrons. The second-order valence-electron chi connectivity index (χ2n) is 12.1. The third kappa shape index (κ3) is 2.67. The maximum absolute atomic E-state index is 11.4. The Morgan fingerprint density at radius 1 is 0.966 bits per heavy atom. The summed E-state index contributed by atoms with van der Waals surface area (Å²) in [5.41, 5.74) is -0.0538. The Hall–Kier alpha value is -0.610. The van der Waals surface area contributed by atoms with E-state index in [-0.39, 0.29) is 11.3 Å². The molecule has 5 fully saturated rings. The lowest BCUT2D eigenvalue weighted by Crippen LogP contribution is -2.63. The molecule has 2 unspecified atom stereocenters. The number of fused-ring (bicyclic) bond motifs is 5. The van der Waals surface area contributed by atoms with E-state index in [1.54, 1.807) is 0 Å². The van der Waals surface area contributed by atoms with Crippen molar-refractivity contribution in [3.63, 3.8) is 0 Å². The van der Waals surface area contributed by atoms with Gasteiger partial charge in [0, 0.05) is 11.8 Å². The van der Waals surface area contributed by atoms with Gasteiger partial charge < -0.3 is 15.3 Å². The molecule has 4 heteroatoms. The number of aliphatic hydroxyl groups is 2. The molecule has 0 saturated heterocycles. The lowest BCUT2D eigenvalue weighted by Gasteiger charge is -2.63. The highest BCUT2D eigenvalue weighted by molar-refractivity contribution is 5.73. The first-order valence-corrected chi connectivity index (χ1v) is 12.3. The molecule has 0 heterocycles. The van der Waals surface area contributed by atoms with Crippen LogP contribution in [0.4, 0.5) is 0 Å². The molecule has 0 amide bonds. The van der Waals surface area contributed by atoms with Crippen molar-refractivity contribution in [2.45, 2.75) is 90.8 Å². The summed E-state index contributed by atoms with van der Waals surface area (Å²) in [5.74, 6) is 1.45. The Morgan fingerprint density at radius 3 is 2.41 bits per heavy atom. The molecule has 5 saturated carbocycles. The zero-order valence-corrected chi connectivity index (χ0v) is 18.4. The highest BCUT2D eigenvalue weighted by Crippen LogP contribution is 2.70. The minimum Gasteiger partial charge on any atom is -0.481 e. The molecule has 0 aromatic rings. The monoisotopic (exact) mass is 404 g/mol. The van der Waals surface area contributed by atoms with Crippen molar-refractivity contribution >= 4 is 5.97 Å². The van der Waals surface area contributed by atoms with Gasteiger partial charge in [-0.25, -0.2) is 0 Å². The summed E-state index contributed by atoms with van der Waals surface area (Å²) in [6, 6.07) is 0. The van der Waals surface area contributed by atoms with E-state index in [9.17, 15) is 20.1 Å². The Morgan fingerprint density at radius 2 is 1.72 bits per heavy atom. The van der Waals surface area contributed by atoms with E-state index in [2.05, 4.69) is 20.8 Å². The minimum absolute atomic E-state index is 0.107. The minimum atomic E-state index is -1.51. The third-order valence-electron chi connectivity index (χ3n) is 11.4. The first-order valence-electron chi connectivity index (χ1n) is 12.3. The summed E-state index contributed by atoms with van der Waals surface area (Å²) in [6.45, 7) is 7.03. The number of hydrogen-bond acceptors (Lipinski definition) is 3. The van der Waals surface area contributed by atoms with E-state index in [0.717, 1.165) is 32.1 Å². The summed E-state index contributed by atoms with van der Waals surface area (Å²) < 4.78 is 0. The maximum atomic E-state index is 11.4. The third-order valence-corrected chi connectivity index (χ3v) is 11.4. The van der Waals surface area contributed by atoms with Crippen molar-refractivity contribution in [1.29, 1.82) is 0 Å². The fraction of sp³-hybridized carbons (Fsp3) is 0.960. The quantitative estimate of drug-likeness (QED) is 0.597. The second kappa shape index (κ2) is 6.45. The largest absolute Gasteiger partial charge is 0.481 e. The smallest absolute Gasteiger partial charge is 0.306 e. The molecule has 0 bridgehead atoms.